The molecule has 1 aromatic carbocycles. The van der Waals surface area contributed by atoms with Crippen molar-refractivity contribution in [1.82, 2.24) is 9.97 Å². The summed E-state index contributed by atoms with van der Waals surface area (Å²) in [6.07, 6.45) is 1.70. The molecule has 0 aliphatic heterocycles. The van der Waals surface area contributed by atoms with Crippen LogP contribution in [0.2, 0.25) is 0 Å². The van der Waals surface area contributed by atoms with Gasteiger partial charge in [-0.15, -0.1) is 6.58 Å². The molecule has 0 bridgehead atoms. The first-order chi connectivity index (χ1) is 9.15. The number of nitrogens with one attached hydrogen (secondary N) is 2. The van der Waals surface area contributed by atoms with Crippen LogP contribution in [-0.2, 0) is 0 Å². The second-order valence-corrected chi connectivity index (χ2v) is 3.77. The van der Waals surface area contributed by atoms with E-state index in [1.807, 2.05) is 0 Å². The molecule has 1 aromatic heterocycles. The average Bonchev–Trinajstić information content (AvgIpc) is 2.43. The van der Waals surface area contributed by atoms with E-state index in [-0.39, 0.29) is 5.69 Å². The largest absolute Gasteiger partial charge is 0.372 e. The van der Waals surface area contributed by atoms with Crippen molar-refractivity contribution in [3.63, 3.8) is 0 Å². The van der Waals surface area contributed by atoms with E-state index < -0.39 is 4.92 Å². The number of nitro groups is 1. The third-order valence-corrected chi connectivity index (χ3v) is 2.53. The minimum Gasteiger partial charge on any atom is -0.372 e. The first-order valence-electron chi connectivity index (χ1n) is 5.64. The Morgan fingerprint density at radius 2 is 2.26 bits per heavy atom. The Balaban J connectivity index is 2.55. The van der Waals surface area contributed by atoms with Crippen molar-refractivity contribution < 1.29 is 4.92 Å². The Bertz CT molecular complexity index is 641. The molecule has 2 rings (SSSR count). The summed E-state index contributed by atoms with van der Waals surface area (Å²) < 4.78 is 0. The number of hydrogen-bond acceptors (Lipinski definition) is 6. The highest BCUT2D eigenvalue weighted by atomic mass is 16.6. The van der Waals surface area contributed by atoms with Crippen molar-refractivity contribution >= 4 is 28.4 Å². The van der Waals surface area contributed by atoms with Crippen LogP contribution in [0.5, 0.6) is 0 Å². The van der Waals surface area contributed by atoms with E-state index in [2.05, 4.69) is 27.2 Å². The predicted octanol–water partition coefficient (Wildman–Crippen LogP) is 2.18. The topological polar surface area (TPSA) is 93.0 Å². The lowest BCUT2D eigenvalue weighted by Crippen LogP contribution is -2.05. The van der Waals surface area contributed by atoms with Crippen LogP contribution in [0, 0.1) is 10.1 Å². The average molecular weight is 259 g/mol. The maximum absolute atomic E-state index is 10.8. The van der Waals surface area contributed by atoms with Gasteiger partial charge < -0.3 is 10.6 Å². The molecule has 19 heavy (non-hydrogen) atoms. The molecule has 0 fully saturated rings. The van der Waals surface area contributed by atoms with Crippen LogP contribution in [0.4, 0.5) is 17.5 Å². The third kappa shape index (κ3) is 2.59. The second kappa shape index (κ2) is 5.30. The van der Waals surface area contributed by atoms with E-state index in [1.165, 1.54) is 12.1 Å². The summed E-state index contributed by atoms with van der Waals surface area (Å²) in [5, 5.41) is 17.3. The Morgan fingerprint density at radius 1 is 1.47 bits per heavy atom. The molecule has 2 aromatic rings. The predicted molar refractivity (Wildman–Crippen MR) is 74.4 cm³/mol. The van der Waals surface area contributed by atoms with Crippen LogP contribution in [0.15, 0.2) is 30.9 Å². The van der Waals surface area contributed by atoms with Gasteiger partial charge in [0.1, 0.15) is 5.82 Å². The van der Waals surface area contributed by atoms with Crippen molar-refractivity contribution in [3.05, 3.63) is 41.0 Å². The first kappa shape index (κ1) is 12.7. The van der Waals surface area contributed by atoms with E-state index in [0.29, 0.717) is 29.2 Å². The van der Waals surface area contributed by atoms with Gasteiger partial charge in [0.05, 0.1) is 10.4 Å². The van der Waals surface area contributed by atoms with Gasteiger partial charge in [0.15, 0.2) is 0 Å². The van der Waals surface area contributed by atoms with Crippen LogP contribution in [0.3, 0.4) is 0 Å². The fraction of sp³-hybridized carbons (Fsp3) is 0.167. The van der Waals surface area contributed by atoms with E-state index in [4.69, 9.17) is 0 Å². The van der Waals surface area contributed by atoms with E-state index >= 15 is 0 Å². The van der Waals surface area contributed by atoms with Crippen LogP contribution in [-0.4, -0.2) is 28.5 Å². The quantitative estimate of drug-likeness (QED) is 0.485. The Kier molecular flexibility index (Phi) is 3.56. The number of anilines is 2. The van der Waals surface area contributed by atoms with E-state index in [0.717, 1.165) is 0 Å². The highest BCUT2D eigenvalue weighted by Crippen LogP contribution is 2.25. The normalized spacial score (nSPS) is 10.2. The number of rotatable bonds is 5. The Hall–Kier alpha value is -2.70. The zero-order valence-corrected chi connectivity index (χ0v) is 10.4. The van der Waals surface area contributed by atoms with E-state index in [1.54, 1.807) is 19.2 Å². The van der Waals surface area contributed by atoms with Gasteiger partial charge in [-0.25, -0.2) is 4.98 Å². The Morgan fingerprint density at radius 3 is 2.89 bits per heavy atom. The number of aromatic nitrogens is 2. The molecule has 7 heteroatoms. The minimum absolute atomic E-state index is 0.0133. The SMILES string of the molecule is C=CCNc1nc(NC)c2cc([N+](=O)[O-])ccc2n1. The zero-order valence-electron chi connectivity index (χ0n) is 10.4. The van der Waals surface area contributed by atoms with Gasteiger partial charge in [0.25, 0.3) is 5.69 Å². The van der Waals surface area contributed by atoms with Crippen LogP contribution in [0.1, 0.15) is 0 Å². The number of benzene rings is 1. The standard InChI is InChI=1S/C12H13N5O2/c1-3-6-14-12-15-10-5-4-8(17(18)19)7-9(10)11(13-2)16-12/h3-5,7H,1,6H2,2H3,(H2,13,14,15,16). The van der Waals surface area contributed by atoms with Crippen LogP contribution in [0.25, 0.3) is 10.9 Å². The van der Waals surface area contributed by atoms with Gasteiger partial charge in [0.2, 0.25) is 5.95 Å². The van der Waals surface area contributed by atoms with Crippen molar-refractivity contribution in [2.45, 2.75) is 0 Å². The summed E-state index contributed by atoms with van der Waals surface area (Å²) in [6.45, 7) is 4.15. The monoisotopic (exact) mass is 259 g/mol. The molecular formula is C12H13N5O2. The number of non-ortho nitro benzene ring substituents is 1. The van der Waals surface area contributed by atoms with E-state index in [9.17, 15) is 10.1 Å². The molecule has 0 amide bonds. The molecule has 0 atom stereocenters. The van der Waals surface area contributed by atoms with Gasteiger partial charge in [0, 0.05) is 31.1 Å². The fourth-order valence-electron chi connectivity index (χ4n) is 1.66. The molecule has 2 N–H and O–H groups in total. The highest BCUT2D eigenvalue weighted by molar-refractivity contribution is 5.91. The van der Waals surface area contributed by atoms with Gasteiger partial charge >= 0.3 is 0 Å². The smallest absolute Gasteiger partial charge is 0.270 e. The maximum Gasteiger partial charge on any atom is 0.270 e. The first-order valence-corrected chi connectivity index (χ1v) is 5.64. The number of nitro benzene ring substituents is 1. The summed E-state index contributed by atoms with van der Waals surface area (Å²) in [7, 11) is 1.71. The van der Waals surface area contributed by atoms with Crippen LogP contribution < -0.4 is 10.6 Å². The molecule has 0 spiro atoms. The molecule has 0 aliphatic carbocycles. The molecular weight excluding hydrogens is 246 g/mol. The minimum atomic E-state index is -0.442. The maximum atomic E-state index is 10.8. The lowest BCUT2D eigenvalue weighted by Gasteiger charge is -2.08. The fourth-order valence-corrected chi connectivity index (χ4v) is 1.66. The van der Waals surface area contributed by atoms with Crippen molar-refractivity contribution in [2.24, 2.45) is 0 Å². The molecule has 0 saturated heterocycles. The zero-order chi connectivity index (χ0) is 13.8. The lowest BCUT2D eigenvalue weighted by molar-refractivity contribution is -0.384. The molecule has 1 heterocycles. The molecule has 0 unspecified atom stereocenters. The number of fused-ring (bicyclic) bond motifs is 1. The summed E-state index contributed by atoms with van der Waals surface area (Å²) in [6, 6.07) is 4.49. The summed E-state index contributed by atoms with van der Waals surface area (Å²) in [4.78, 5) is 18.9. The van der Waals surface area contributed by atoms with Crippen molar-refractivity contribution in [1.29, 1.82) is 0 Å². The third-order valence-electron chi connectivity index (χ3n) is 2.53. The van der Waals surface area contributed by atoms with Crippen molar-refractivity contribution in [2.75, 3.05) is 24.2 Å². The number of nitrogens with zero attached hydrogens (tertiary/aromatic N) is 3. The summed E-state index contributed by atoms with van der Waals surface area (Å²) in [5.74, 6) is 0.992. The van der Waals surface area contributed by atoms with Gasteiger partial charge in [-0.05, 0) is 6.07 Å². The van der Waals surface area contributed by atoms with Crippen LogP contribution >= 0.6 is 0 Å². The van der Waals surface area contributed by atoms with Gasteiger partial charge in [-0.2, -0.15) is 4.98 Å². The number of hydrogen-bond donors (Lipinski definition) is 2. The molecule has 7 nitrogen and oxygen atoms in total. The molecule has 0 aliphatic rings. The molecule has 98 valence electrons. The highest BCUT2D eigenvalue weighted by Gasteiger charge is 2.11. The second-order valence-electron chi connectivity index (χ2n) is 3.77. The lowest BCUT2D eigenvalue weighted by atomic mass is 10.2. The molecule has 0 saturated carbocycles. The Labute approximate surface area is 109 Å². The summed E-state index contributed by atoms with van der Waals surface area (Å²) in [5.41, 5.74) is 0.649. The van der Waals surface area contributed by atoms with Crippen molar-refractivity contribution in [3.8, 4) is 0 Å². The van der Waals surface area contributed by atoms with Gasteiger partial charge in [-0.1, -0.05) is 6.08 Å². The summed E-state index contributed by atoms with van der Waals surface area (Å²) >= 11 is 0. The van der Waals surface area contributed by atoms with Gasteiger partial charge in [-0.3, -0.25) is 10.1 Å². The molecule has 0 radical (unpaired) electrons.